The lowest BCUT2D eigenvalue weighted by Crippen LogP contribution is -2.41. The van der Waals surface area contributed by atoms with Gasteiger partial charge in [-0.3, -0.25) is 0 Å². The second kappa shape index (κ2) is 10.3. The third-order valence-corrected chi connectivity index (χ3v) is 8.53. The number of fused-ring (bicyclic) bond motifs is 2. The SMILES string of the molecule is CCCCc1ccc2ccccc2c1-c1c(CCCC)cc(B2OC(C)(C)C(C)(C)O2)c2ccccc12. The summed E-state index contributed by atoms with van der Waals surface area (Å²) in [5.74, 6) is 0. The van der Waals surface area contributed by atoms with Crippen molar-refractivity contribution >= 4 is 34.1 Å². The van der Waals surface area contributed by atoms with Crippen molar-refractivity contribution in [3.05, 3.63) is 77.9 Å². The molecule has 1 aliphatic heterocycles. The average molecular weight is 493 g/mol. The second-order valence-corrected chi connectivity index (χ2v) is 11.7. The molecule has 1 heterocycles. The lowest BCUT2D eigenvalue weighted by Gasteiger charge is -2.32. The van der Waals surface area contributed by atoms with E-state index in [0.717, 1.165) is 31.1 Å². The zero-order chi connectivity index (χ0) is 26.2. The molecule has 1 aliphatic rings. The third-order valence-electron chi connectivity index (χ3n) is 8.53. The summed E-state index contributed by atoms with van der Waals surface area (Å²) in [5.41, 5.74) is 6.07. The summed E-state index contributed by atoms with van der Waals surface area (Å²) in [6.07, 6.45) is 6.84. The van der Waals surface area contributed by atoms with Crippen LogP contribution in [0.25, 0.3) is 32.7 Å². The molecule has 1 saturated heterocycles. The molecule has 4 aromatic carbocycles. The van der Waals surface area contributed by atoms with Crippen molar-refractivity contribution in [1.82, 2.24) is 0 Å². The molecule has 3 heteroatoms. The van der Waals surface area contributed by atoms with Crippen LogP contribution in [0.4, 0.5) is 0 Å². The standard InChI is InChI=1S/C34H41BO2/c1-7-9-15-25-22-21-24-17-11-12-18-27(24)31(25)32-26(16-10-8-2)23-30(28-19-13-14-20-29(28)32)35-36-33(3,4)34(5,6)37-35/h11-14,17-23H,7-10,15-16H2,1-6H3. The zero-order valence-corrected chi connectivity index (χ0v) is 23.5. The highest BCUT2D eigenvalue weighted by Crippen LogP contribution is 2.42. The molecule has 0 spiro atoms. The van der Waals surface area contributed by atoms with E-state index in [1.54, 1.807) is 0 Å². The molecule has 192 valence electrons. The van der Waals surface area contributed by atoms with E-state index in [4.69, 9.17) is 9.31 Å². The smallest absolute Gasteiger partial charge is 0.399 e. The Morgan fingerprint density at radius 3 is 1.81 bits per heavy atom. The first-order chi connectivity index (χ1) is 17.8. The summed E-state index contributed by atoms with van der Waals surface area (Å²) in [6, 6.07) is 24.8. The Labute approximate surface area is 223 Å². The minimum Gasteiger partial charge on any atom is -0.399 e. The van der Waals surface area contributed by atoms with Gasteiger partial charge in [-0.2, -0.15) is 0 Å². The van der Waals surface area contributed by atoms with E-state index in [-0.39, 0.29) is 18.3 Å². The molecular weight excluding hydrogens is 451 g/mol. The normalized spacial score (nSPS) is 16.6. The number of benzene rings is 4. The Bertz CT molecular complexity index is 1400. The Morgan fingerprint density at radius 2 is 1.16 bits per heavy atom. The Morgan fingerprint density at radius 1 is 0.622 bits per heavy atom. The van der Waals surface area contributed by atoms with Gasteiger partial charge < -0.3 is 9.31 Å². The maximum absolute atomic E-state index is 6.59. The van der Waals surface area contributed by atoms with Gasteiger partial charge in [-0.25, -0.2) is 0 Å². The maximum Gasteiger partial charge on any atom is 0.495 e. The van der Waals surface area contributed by atoms with Gasteiger partial charge in [0.05, 0.1) is 11.2 Å². The minimum absolute atomic E-state index is 0.371. The number of hydrogen-bond donors (Lipinski definition) is 0. The Kier molecular flexibility index (Phi) is 7.22. The van der Waals surface area contributed by atoms with E-state index in [1.165, 1.54) is 56.6 Å². The topological polar surface area (TPSA) is 18.5 Å². The fraction of sp³-hybridized carbons (Fsp3) is 0.412. The van der Waals surface area contributed by atoms with Crippen LogP contribution in [0, 0.1) is 0 Å². The van der Waals surface area contributed by atoms with Crippen molar-refractivity contribution in [3.8, 4) is 11.1 Å². The van der Waals surface area contributed by atoms with Crippen LogP contribution < -0.4 is 5.46 Å². The highest BCUT2D eigenvalue weighted by Gasteiger charge is 2.52. The molecule has 0 aromatic heterocycles. The molecule has 0 bridgehead atoms. The van der Waals surface area contributed by atoms with E-state index in [0.29, 0.717) is 0 Å². The molecule has 4 aromatic rings. The molecule has 37 heavy (non-hydrogen) atoms. The molecule has 0 atom stereocenters. The highest BCUT2D eigenvalue weighted by atomic mass is 16.7. The monoisotopic (exact) mass is 492 g/mol. The lowest BCUT2D eigenvalue weighted by atomic mass is 9.72. The van der Waals surface area contributed by atoms with Gasteiger partial charge in [0.2, 0.25) is 0 Å². The fourth-order valence-electron chi connectivity index (χ4n) is 5.68. The predicted molar refractivity (Wildman–Crippen MR) is 160 cm³/mol. The van der Waals surface area contributed by atoms with Gasteiger partial charge in [0.25, 0.3) is 0 Å². The first-order valence-electron chi connectivity index (χ1n) is 14.2. The molecule has 0 N–H and O–H groups in total. The van der Waals surface area contributed by atoms with Gasteiger partial charge in [-0.1, -0.05) is 93.4 Å². The average Bonchev–Trinajstić information content (AvgIpc) is 3.11. The van der Waals surface area contributed by atoms with Crippen LogP contribution >= 0.6 is 0 Å². The largest absolute Gasteiger partial charge is 0.495 e. The van der Waals surface area contributed by atoms with Crippen LogP contribution in [0.3, 0.4) is 0 Å². The summed E-state index contributed by atoms with van der Waals surface area (Å²) in [7, 11) is -0.378. The van der Waals surface area contributed by atoms with Gasteiger partial charge in [0.1, 0.15) is 0 Å². The lowest BCUT2D eigenvalue weighted by molar-refractivity contribution is 0.00578. The highest BCUT2D eigenvalue weighted by molar-refractivity contribution is 6.65. The van der Waals surface area contributed by atoms with Crippen LogP contribution in [0.5, 0.6) is 0 Å². The predicted octanol–water partition coefficient (Wildman–Crippen LogP) is 8.64. The van der Waals surface area contributed by atoms with Crippen molar-refractivity contribution in [2.45, 2.75) is 91.3 Å². The number of rotatable bonds is 8. The van der Waals surface area contributed by atoms with E-state index >= 15 is 0 Å². The number of aryl methyl sites for hydroxylation is 2. The summed E-state index contributed by atoms with van der Waals surface area (Å²) < 4.78 is 13.2. The van der Waals surface area contributed by atoms with Gasteiger partial charge >= 0.3 is 7.12 Å². The van der Waals surface area contributed by atoms with Crippen molar-refractivity contribution in [1.29, 1.82) is 0 Å². The maximum atomic E-state index is 6.59. The summed E-state index contributed by atoms with van der Waals surface area (Å²) in [5, 5.41) is 5.18. The van der Waals surface area contributed by atoms with E-state index in [2.05, 4.69) is 108 Å². The van der Waals surface area contributed by atoms with Crippen LogP contribution in [-0.2, 0) is 22.2 Å². The quantitative estimate of drug-likeness (QED) is 0.229. The first-order valence-corrected chi connectivity index (χ1v) is 14.2. The molecule has 0 amide bonds. The first kappa shape index (κ1) is 26.0. The molecule has 0 saturated carbocycles. The summed E-state index contributed by atoms with van der Waals surface area (Å²) in [4.78, 5) is 0. The summed E-state index contributed by atoms with van der Waals surface area (Å²) >= 11 is 0. The van der Waals surface area contributed by atoms with E-state index in [9.17, 15) is 0 Å². The van der Waals surface area contributed by atoms with Gasteiger partial charge in [-0.05, 0) is 103 Å². The fourth-order valence-corrected chi connectivity index (χ4v) is 5.68. The van der Waals surface area contributed by atoms with Crippen molar-refractivity contribution in [2.75, 3.05) is 0 Å². The molecule has 2 nitrogen and oxygen atoms in total. The van der Waals surface area contributed by atoms with Crippen molar-refractivity contribution in [2.24, 2.45) is 0 Å². The minimum atomic E-state index is -0.378. The zero-order valence-electron chi connectivity index (χ0n) is 23.5. The van der Waals surface area contributed by atoms with E-state index < -0.39 is 0 Å². The van der Waals surface area contributed by atoms with Crippen LogP contribution in [-0.4, -0.2) is 18.3 Å². The van der Waals surface area contributed by atoms with Crippen molar-refractivity contribution < 1.29 is 9.31 Å². The number of hydrogen-bond acceptors (Lipinski definition) is 2. The molecule has 1 fully saturated rings. The molecule has 5 rings (SSSR count). The molecule has 0 radical (unpaired) electrons. The van der Waals surface area contributed by atoms with Gasteiger partial charge in [0, 0.05) is 0 Å². The second-order valence-electron chi connectivity index (χ2n) is 11.7. The third kappa shape index (κ3) is 4.73. The number of unbranched alkanes of at least 4 members (excludes halogenated alkanes) is 2. The van der Waals surface area contributed by atoms with Gasteiger partial charge in [-0.15, -0.1) is 0 Å². The van der Waals surface area contributed by atoms with E-state index in [1.807, 2.05) is 0 Å². The Balaban J connectivity index is 1.82. The Hall–Kier alpha value is -2.62. The van der Waals surface area contributed by atoms with Gasteiger partial charge in [0.15, 0.2) is 0 Å². The molecule has 0 unspecified atom stereocenters. The molecule has 0 aliphatic carbocycles. The van der Waals surface area contributed by atoms with Crippen LogP contribution in [0.2, 0.25) is 0 Å². The molecular formula is C34H41BO2. The van der Waals surface area contributed by atoms with Crippen LogP contribution in [0.1, 0.15) is 78.4 Å². The van der Waals surface area contributed by atoms with Crippen molar-refractivity contribution in [3.63, 3.8) is 0 Å². The summed E-state index contributed by atoms with van der Waals surface area (Å²) in [6.45, 7) is 13.1. The van der Waals surface area contributed by atoms with Crippen LogP contribution in [0.15, 0.2) is 66.7 Å².